The molecule has 5 nitrogen and oxygen atoms in total. The van der Waals surface area contributed by atoms with Crippen molar-refractivity contribution in [3.63, 3.8) is 0 Å². The molecule has 0 atom stereocenters. The number of carboxylic acids is 1. The van der Waals surface area contributed by atoms with Gasteiger partial charge in [-0.2, -0.15) is 8.42 Å². The summed E-state index contributed by atoms with van der Waals surface area (Å²) in [7, 11) is -4.03. The minimum Gasteiger partial charge on any atom is -0.481 e. The van der Waals surface area contributed by atoms with E-state index in [9.17, 15) is 13.2 Å². The van der Waals surface area contributed by atoms with Crippen LogP contribution in [0.1, 0.15) is 18.9 Å². The predicted octanol–water partition coefficient (Wildman–Crippen LogP) is 1.72. The zero-order valence-corrected chi connectivity index (χ0v) is 9.86. The van der Waals surface area contributed by atoms with Crippen LogP contribution in [-0.4, -0.2) is 24.0 Å². The quantitative estimate of drug-likeness (QED) is 0.775. The summed E-state index contributed by atoms with van der Waals surface area (Å²) in [6, 6.07) is 6.27. The third kappa shape index (κ3) is 5.47. The minimum atomic E-state index is -4.03. The second-order valence-electron chi connectivity index (χ2n) is 2.99. The molecule has 0 heterocycles. The Morgan fingerprint density at radius 1 is 1.31 bits per heavy atom. The Morgan fingerprint density at radius 2 is 1.75 bits per heavy atom. The van der Waals surface area contributed by atoms with Crippen molar-refractivity contribution >= 4 is 16.1 Å². The molecular weight excluding hydrogens is 232 g/mol. The third-order valence-corrected chi connectivity index (χ3v) is 2.69. The van der Waals surface area contributed by atoms with E-state index in [-0.39, 0.29) is 11.3 Å². The largest absolute Gasteiger partial charge is 0.481 e. The van der Waals surface area contributed by atoms with Crippen molar-refractivity contribution in [2.45, 2.75) is 25.2 Å². The number of benzene rings is 1. The fourth-order valence-corrected chi connectivity index (χ4v) is 1.57. The van der Waals surface area contributed by atoms with Crippen LogP contribution in [0, 0.1) is 6.92 Å². The number of hydrogen-bond acceptors (Lipinski definition) is 3. The Kier molecular flexibility index (Phi) is 5.69. The molecule has 0 spiro atoms. The van der Waals surface area contributed by atoms with Crippen LogP contribution in [-0.2, 0) is 14.9 Å². The van der Waals surface area contributed by atoms with Gasteiger partial charge in [-0.1, -0.05) is 25.1 Å². The average Bonchev–Trinajstić information content (AvgIpc) is 2.17. The summed E-state index contributed by atoms with van der Waals surface area (Å²) in [6.07, 6.45) is 0.222. The number of aliphatic carboxylic acids is 1. The molecule has 0 fully saturated rings. The second-order valence-corrected chi connectivity index (χ2v) is 4.38. The van der Waals surface area contributed by atoms with Crippen LogP contribution in [0.4, 0.5) is 0 Å². The number of carboxylic acid groups (broad SMARTS) is 1. The van der Waals surface area contributed by atoms with E-state index in [0.29, 0.717) is 5.56 Å². The Labute approximate surface area is 94.5 Å². The molecule has 0 saturated heterocycles. The number of hydrogen-bond donors (Lipinski definition) is 2. The van der Waals surface area contributed by atoms with Crippen LogP contribution in [0.5, 0.6) is 0 Å². The van der Waals surface area contributed by atoms with Gasteiger partial charge in [0.25, 0.3) is 10.1 Å². The lowest BCUT2D eigenvalue weighted by Gasteiger charge is -1.99. The van der Waals surface area contributed by atoms with Gasteiger partial charge in [0.05, 0.1) is 4.90 Å². The van der Waals surface area contributed by atoms with E-state index >= 15 is 0 Å². The molecule has 1 aromatic rings. The summed E-state index contributed by atoms with van der Waals surface area (Å²) in [5.41, 5.74) is 0.551. The smallest absolute Gasteiger partial charge is 0.303 e. The summed E-state index contributed by atoms with van der Waals surface area (Å²) < 4.78 is 29.9. The first kappa shape index (κ1) is 14.6. The van der Waals surface area contributed by atoms with Gasteiger partial charge in [0.2, 0.25) is 0 Å². The van der Waals surface area contributed by atoms with E-state index in [1.165, 1.54) is 6.07 Å². The zero-order valence-electron chi connectivity index (χ0n) is 9.04. The lowest BCUT2D eigenvalue weighted by atomic mass is 10.2. The van der Waals surface area contributed by atoms with E-state index in [2.05, 4.69) is 0 Å². The monoisotopic (exact) mass is 246 g/mol. The number of aryl methyl sites for hydroxylation is 1. The van der Waals surface area contributed by atoms with Crippen molar-refractivity contribution in [2.75, 3.05) is 0 Å². The molecule has 6 heteroatoms. The third-order valence-electron chi connectivity index (χ3n) is 1.67. The van der Waals surface area contributed by atoms with Gasteiger partial charge in [0.1, 0.15) is 0 Å². The highest BCUT2D eigenvalue weighted by molar-refractivity contribution is 7.85. The van der Waals surface area contributed by atoms with E-state index in [1.54, 1.807) is 32.0 Å². The van der Waals surface area contributed by atoms with Crippen molar-refractivity contribution in [2.24, 2.45) is 0 Å². The van der Waals surface area contributed by atoms with E-state index in [1.807, 2.05) is 0 Å². The normalized spacial score (nSPS) is 10.2. The summed E-state index contributed by atoms with van der Waals surface area (Å²) in [5, 5.41) is 7.72. The molecule has 0 aromatic heterocycles. The molecule has 1 rings (SSSR count). The Balaban J connectivity index is 0.000000385. The van der Waals surface area contributed by atoms with Crippen LogP contribution >= 0.6 is 0 Å². The first-order chi connectivity index (χ1) is 7.29. The Bertz CT molecular complexity index is 450. The highest BCUT2D eigenvalue weighted by atomic mass is 32.2. The van der Waals surface area contributed by atoms with Crippen LogP contribution in [0.25, 0.3) is 0 Å². The lowest BCUT2D eigenvalue weighted by molar-refractivity contribution is -0.136. The van der Waals surface area contributed by atoms with Gasteiger partial charge in [-0.3, -0.25) is 9.35 Å². The molecule has 0 aliphatic carbocycles. The molecule has 0 aliphatic rings. The maximum atomic E-state index is 10.6. The topological polar surface area (TPSA) is 91.7 Å². The van der Waals surface area contributed by atoms with Gasteiger partial charge >= 0.3 is 5.97 Å². The fourth-order valence-electron chi connectivity index (χ4n) is 0.846. The molecule has 0 radical (unpaired) electrons. The van der Waals surface area contributed by atoms with Gasteiger partial charge in [-0.15, -0.1) is 0 Å². The van der Waals surface area contributed by atoms with Gasteiger partial charge in [-0.05, 0) is 18.6 Å². The molecule has 16 heavy (non-hydrogen) atoms. The molecular formula is C10H14O5S. The van der Waals surface area contributed by atoms with Crippen LogP contribution in [0.3, 0.4) is 0 Å². The number of rotatable bonds is 2. The fraction of sp³-hybridized carbons (Fsp3) is 0.300. The first-order valence-corrected chi connectivity index (χ1v) is 5.98. The van der Waals surface area contributed by atoms with E-state index in [0.717, 1.165) is 0 Å². The van der Waals surface area contributed by atoms with Crippen molar-refractivity contribution in [1.29, 1.82) is 0 Å². The Hall–Kier alpha value is -1.40. The molecule has 2 N–H and O–H groups in total. The summed E-state index contributed by atoms with van der Waals surface area (Å²) in [6.45, 7) is 3.23. The van der Waals surface area contributed by atoms with Crippen molar-refractivity contribution in [3.05, 3.63) is 29.8 Å². The molecule has 90 valence electrons. The summed E-state index contributed by atoms with van der Waals surface area (Å²) in [5.74, 6) is -0.745. The SMILES string of the molecule is CCC(=O)O.Cc1ccccc1S(=O)(=O)O. The van der Waals surface area contributed by atoms with Crippen molar-refractivity contribution < 1.29 is 22.9 Å². The molecule has 0 amide bonds. The lowest BCUT2D eigenvalue weighted by Crippen LogP contribution is -1.99. The standard InChI is InChI=1S/C7H8O3S.C3H6O2/c1-6-4-2-3-5-7(6)11(8,9)10;1-2-3(4)5/h2-5H,1H3,(H,8,9,10);2H2,1H3,(H,4,5). The highest BCUT2D eigenvalue weighted by Crippen LogP contribution is 2.12. The van der Waals surface area contributed by atoms with Gasteiger partial charge in [0, 0.05) is 6.42 Å². The highest BCUT2D eigenvalue weighted by Gasteiger charge is 2.10. The maximum Gasteiger partial charge on any atom is 0.303 e. The molecule has 0 aliphatic heterocycles. The minimum absolute atomic E-state index is 0.0278. The summed E-state index contributed by atoms with van der Waals surface area (Å²) >= 11 is 0. The summed E-state index contributed by atoms with van der Waals surface area (Å²) in [4.78, 5) is 9.34. The van der Waals surface area contributed by atoms with Crippen LogP contribution in [0.2, 0.25) is 0 Å². The van der Waals surface area contributed by atoms with Gasteiger partial charge in [0.15, 0.2) is 0 Å². The van der Waals surface area contributed by atoms with E-state index < -0.39 is 16.1 Å². The molecule has 1 aromatic carbocycles. The van der Waals surface area contributed by atoms with Crippen molar-refractivity contribution in [1.82, 2.24) is 0 Å². The molecule has 0 saturated carbocycles. The maximum absolute atomic E-state index is 10.6. The first-order valence-electron chi connectivity index (χ1n) is 4.54. The molecule has 0 bridgehead atoms. The zero-order chi connectivity index (χ0) is 12.8. The average molecular weight is 246 g/mol. The van der Waals surface area contributed by atoms with Crippen molar-refractivity contribution in [3.8, 4) is 0 Å². The van der Waals surface area contributed by atoms with Crippen LogP contribution in [0.15, 0.2) is 29.2 Å². The predicted molar refractivity (Wildman–Crippen MR) is 58.9 cm³/mol. The van der Waals surface area contributed by atoms with Gasteiger partial charge in [-0.25, -0.2) is 0 Å². The Morgan fingerprint density at radius 3 is 2.00 bits per heavy atom. The number of carbonyl (C=O) groups is 1. The van der Waals surface area contributed by atoms with E-state index in [4.69, 9.17) is 9.66 Å². The van der Waals surface area contributed by atoms with Gasteiger partial charge < -0.3 is 5.11 Å². The molecule has 0 unspecified atom stereocenters. The second kappa shape index (κ2) is 6.24. The van der Waals surface area contributed by atoms with Crippen LogP contribution < -0.4 is 0 Å².